The molecular formula is C17H26ClN3O3. The molecule has 134 valence electrons. The third kappa shape index (κ3) is 5.78. The summed E-state index contributed by atoms with van der Waals surface area (Å²) in [6, 6.07) is 6.53. The van der Waals surface area contributed by atoms with Crippen LogP contribution in [0.4, 0.5) is 11.4 Å². The van der Waals surface area contributed by atoms with E-state index in [1.54, 1.807) is 24.3 Å². The van der Waals surface area contributed by atoms with Gasteiger partial charge in [-0.15, -0.1) is 12.4 Å². The van der Waals surface area contributed by atoms with Gasteiger partial charge in [-0.2, -0.15) is 0 Å². The van der Waals surface area contributed by atoms with Crippen molar-refractivity contribution in [1.29, 1.82) is 0 Å². The predicted octanol–water partition coefficient (Wildman–Crippen LogP) is 2.40. The van der Waals surface area contributed by atoms with Crippen LogP contribution in [0.3, 0.4) is 0 Å². The molecule has 0 radical (unpaired) electrons. The number of anilines is 2. The highest BCUT2D eigenvalue weighted by atomic mass is 35.5. The normalized spacial score (nSPS) is 16.2. The van der Waals surface area contributed by atoms with Crippen molar-refractivity contribution in [1.82, 2.24) is 0 Å². The van der Waals surface area contributed by atoms with E-state index in [2.05, 4.69) is 10.6 Å². The maximum absolute atomic E-state index is 12.3. The molecule has 1 aliphatic heterocycles. The number of halogens is 1. The Hall–Kier alpha value is -1.63. The highest BCUT2D eigenvalue weighted by Gasteiger charge is 2.26. The molecule has 1 saturated heterocycles. The molecule has 1 heterocycles. The first-order valence-corrected chi connectivity index (χ1v) is 8.02. The van der Waals surface area contributed by atoms with Gasteiger partial charge in [0, 0.05) is 30.5 Å². The van der Waals surface area contributed by atoms with Gasteiger partial charge in [0.1, 0.15) is 0 Å². The molecule has 24 heavy (non-hydrogen) atoms. The van der Waals surface area contributed by atoms with Crippen molar-refractivity contribution in [2.24, 2.45) is 17.6 Å². The molecule has 1 aromatic rings. The predicted molar refractivity (Wildman–Crippen MR) is 97.3 cm³/mol. The van der Waals surface area contributed by atoms with Crippen LogP contribution in [0.15, 0.2) is 24.3 Å². The zero-order valence-corrected chi connectivity index (χ0v) is 14.9. The van der Waals surface area contributed by atoms with Crippen molar-refractivity contribution in [2.75, 3.05) is 23.8 Å². The van der Waals surface area contributed by atoms with E-state index in [0.29, 0.717) is 24.6 Å². The highest BCUT2D eigenvalue weighted by Crippen LogP contribution is 2.20. The van der Waals surface area contributed by atoms with Crippen molar-refractivity contribution in [3.8, 4) is 0 Å². The molecule has 1 unspecified atom stereocenters. The van der Waals surface area contributed by atoms with Crippen LogP contribution in [0.1, 0.15) is 26.7 Å². The first kappa shape index (κ1) is 20.4. The molecule has 2 rings (SSSR count). The third-order valence-corrected chi connectivity index (χ3v) is 4.00. The summed E-state index contributed by atoms with van der Waals surface area (Å²) in [6.45, 7) is 4.96. The summed E-state index contributed by atoms with van der Waals surface area (Å²) in [5, 5.41) is 5.64. The fraction of sp³-hybridized carbons (Fsp3) is 0.529. The zero-order chi connectivity index (χ0) is 16.8. The van der Waals surface area contributed by atoms with E-state index in [1.165, 1.54) is 0 Å². The number of benzene rings is 1. The molecular weight excluding hydrogens is 330 g/mol. The maximum Gasteiger partial charge on any atom is 0.241 e. The fourth-order valence-electron chi connectivity index (χ4n) is 2.48. The van der Waals surface area contributed by atoms with Crippen molar-refractivity contribution >= 4 is 35.6 Å². The minimum atomic E-state index is -0.548. The van der Waals surface area contributed by atoms with Crippen molar-refractivity contribution in [3.63, 3.8) is 0 Å². The van der Waals surface area contributed by atoms with Crippen molar-refractivity contribution in [2.45, 2.75) is 32.7 Å². The van der Waals surface area contributed by atoms with Crippen LogP contribution in [-0.4, -0.2) is 31.1 Å². The Morgan fingerprint density at radius 2 is 1.67 bits per heavy atom. The van der Waals surface area contributed by atoms with Crippen LogP contribution in [0.5, 0.6) is 0 Å². The number of ether oxygens (including phenoxy) is 1. The average Bonchev–Trinajstić information content (AvgIpc) is 2.55. The number of rotatable bonds is 5. The summed E-state index contributed by atoms with van der Waals surface area (Å²) in [5.74, 6) is -0.223. The lowest BCUT2D eigenvalue weighted by molar-refractivity contribution is -0.119. The number of nitrogens with one attached hydrogen (secondary N) is 2. The Kier molecular flexibility index (Phi) is 8.18. The van der Waals surface area contributed by atoms with E-state index in [-0.39, 0.29) is 36.1 Å². The topological polar surface area (TPSA) is 93.5 Å². The molecule has 0 spiro atoms. The first-order chi connectivity index (χ1) is 11.0. The number of carbonyl (C=O) groups excluding carboxylic acids is 2. The first-order valence-electron chi connectivity index (χ1n) is 8.02. The quantitative estimate of drug-likeness (QED) is 0.756. The molecule has 1 aliphatic rings. The summed E-state index contributed by atoms with van der Waals surface area (Å²) in [6.07, 6.45) is 1.61. The SMILES string of the molecule is CC(C)C(=O)Nc1cccc(NC(=O)C(N)C2CCOCC2)c1.Cl. The molecule has 1 fully saturated rings. The molecule has 1 aromatic carbocycles. The van der Waals surface area contributed by atoms with Crippen molar-refractivity contribution in [3.05, 3.63) is 24.3 Å². The lowest BCUT2D eigenvalue weighted by atomic mass is 9.92. The number of carbonyl (C=O) groups is 2. The number of hydrogen-bond donors (Lipinski definition) is 3. The average molecular weight is 356 g/mol. The van der Waals surface area contributed by atoms with Gasteiger partial charge >= 0.3 is 0 Å². The Balaban J connectivity index is 0.00000288. The van der Waals surface area contributed by atoms with Gasteiger partial charge in [0.2, 0.25) is 11.8 Å². The van der Waals surface area contributed by atoms with Gasteiger partial charge in [-0.05, 0) is 37.0 Å². The van der Waals surface area contributed by atoms with Crippen LogP contribution in [0.2, 0.25) is 0 Å². The summed E-state index contributed by atoms with van der Waals surface area (Å²) in [4.78, 5) is 24.0. The summed E-state index contributed by atoms with van der Waals surface area (Å²) >= 11 is 0. The van der Waals surface area contributed by atoms with Crippen LogP contribution < -0.4 is 16.4 Å². The number of nitrogens with two attached hydrogens (primary N) is 1. The van der Waals surface area contributed by atoms with Crippen LogP contribution in [-0.2, 0) is 14.3 Å². The van der Waals surface area contributed by atoms with Gasteiger partial charge in [0.25, 0.3) is 0 Å². The molecule has 0 saturated carbocycles. The second kappa shape index (κ2) is 9.61. The Bertz CT molecular complexity index is 560. The second-order valence-corrected chi connectivity index (χ2v) is 6.19. The molecule has 1 atom stereocenters. The van der Waals surface area contributed by atoms with Gasteiger partial charge in [-0.25, -0.2) is 0 Å². The molecule has 0 aromatic heterocycles. The van der Waals surface area contributed by atoms with Gasteiger partial charge < -0.3 is 21.1 Å². The number of hydrogen-bond acceptors (Lipinski definition) is 4. The standard InChI is InChI=1S/C17H25N3O3.ClH/c1-11(2)16(21)19-13-4-3-5-14(10-13)20-17(22)15(18)12-6-8-23-9-7-12;/h3-5,10-12,15H,6-9,18H2,1-2H3,(H,19,21)(H,20,22);1H. The zero-order valence-electron chi connectivity index (χ0n) is 14.1. The Labute approximate surface area is 148 Å². The van der Waals surface area contributed by atoms with Gasteiger partial charge in [0.15, 0.2) is 0 Å². The molecule has 6 nitrogen and oxygen atoms in total. The third-order valence-electron chi connectivity index (χ3n) is 4.00. The fourth-order valence-corrected chi connectivity index (χ4v) is 2.48. The minimum absolute atomic E-state index is 0. The lowest BCUT2D eigenvalue weighted by Crippen LogP contribution is -2.44. The highest BCUT2D eigenvalue weighted by molar-refractivity contribution is 5.96. The van der Waals surface area contributed by atoms with E-state index in [9.17, 15) is 9.59 Å². The minimum Gasteiger partial charge on any atom is -0.381 e. The molecule has 0 aliphatic carbocycles. The Morgan fingerprint density at radius 1 is 1.12 bits per heavy atom. The van der Waals surface area contributed by atoms with Gasteiger partial charge in [0.05, 0.1) is 6.04 Å². The molecule has 0 bridgehead atoms. The summed E-state index contributed by atoms with van der Waals surface area (Å²) in [7, 11) is 0. The van der Waals surface area contributed by atoms with Gasteiger partial charge in [-0.1, -0.05) is 19.9 Å². The van der Waals surface area contributed by atoms with E-state index in [0.717, 1.165) is 12.8 Å². The summed E-state index contributed by atoms with van der Waals surface area (Å²) < 4.78 is 5.29. The maximum atomic E-state index is 12.3. The van der Waals surface area contributed by atoms with E-state index in [4.69, 9.17) is 10.5 Å². The monoisotopic (exact) mass is 355 g/mol. The van der Waals surface area contributed by atoms with E-state index in [1.807, 2.05) is 13.8 Å². The van der Waals surface area contributed by atoms with Crippen LogP contribution in [0, 0.1) is 11.8 Å². The largest absolute Gasteiger partial charge is 0.381 e. The summed E-state index contributed by atoms with van der Waals surface area (Å²) in [5.41, 5.74) is 7.34. The second-order valence-electron chi connectivity index (χ2n) is 6.19. The molecule has 4 N–H and O–H groups in total. The van der Waals surface area contributed by atoms with Crippen LogP contribution in [0.25, 0.3) is 0 Å². The van der Waals surface area contributed by atoms with Gasteiger partial charge in [-0.3, -0.25) is 9.59 Å². The lowest BCUT2D eigenvalue weighted by Gasteiger charge is -2.26. The van der Waals surface area contributed by atoms with Crippen LogP contribution >= 0.6 is 12.4 Å². The van der Waals surface area contributed by atoms with E-state index < -0.39 is 6.04 Å². The smallest absolute Gasteiger partial charge is 0.241 e. The van der Waals surface area contributed by atoms with Crippen molar-refractivity contribution < 1.29 is 14.3 Å². The Morgan fingerprint density at radius 3 is 2.21 bits per heavy atom. The molecule has 2 amide bonds. The number of amides is 2. The van der Waals surface area contributed by atoms with E-state index >= 15 is 0 Å². The molecule has 7 heteroatoms.